The van der Waals surface area contributed by atoms with Crippen molar-refractivity contribution in [3.8, 4) is 5.75 Å². The lowest BCUT2D eigenvalue weighted by molar-refractivity contribution is -0.383. The summed E-state index contributed by atoms with van der Waals surface area (Å²) in [5.74, 6) is -0.442. The molecule has 1 amide bonds. The van der Waals surface area contributed by atoms with E-state index < -0.39 is 16.5 Å². The Morgan fingerprint density at radius 1 is 1.10 bits per heavy atom. The fourth-order valence-corrected chi connectivity index (χ4v) is 3.64. The van der Waals surface area contributed by atoms with Crippen molar-refractivity contribution in [2.24, 2.45) is 0 Å². The van der Waals surface area contributed by atoms with Crippen molar-refractivity contribution >= 4 is 49.9 Å². The number of hydrogen-bond donors (Lipinski definition) is 3. The van der Waals surface area contributed by atoms with Crippen LogP contribution in [-0.2, 0) is 0 Å². The van der Waals surface area contributed by atoms with E-state index >= 15 is 0 Å². The first-order chi connectivity index (χ1) is 15.1. The molecule has 0 aliphatic rings. The summed E-state index contributed by atoms with van der Waals surface area (Å²) in [7, 11) is 1.44. The Bertz CT molecular complexity index is 1240. The van der Waals surface area contributed by atoms with Crippen LogP contribution in [0.4, 0.5) is 22.5 Å². The number of carbonyl (C=O) groups excluding carboxylic acids is 1. The summed E-state index contributed by atoms with van der Waals surface area (Å²) in [6, 6.07) is 14.0. The lowest BCUT2D eigenvalue weighted by Gasteiger charge is -2.11. The first-order valence-corrected chi connectivity index (χ1v) is 9.70. The minimum Gasteiger partial charge on any atom is -0.496 e. The molecule has 2 heterocycles. The van der Waals surface area contributed by atoms with Crippen molar-refractivity contribution in [3.05, 3.63) is 70.5 Å². The molecule has 0 spiro atoms. The molecule has 0 fully saturated rings. The zero-order valence-corrected chi connectivity index (χ0v) is 16.8. The molecule has 11 nitrogen and oxygen atoms in total. The van der Waals surface area contributed by atoms with Gasteiger partial charge in [-0.1, -0.05) is 35.6 Å². The smallest absolute Gasteiger partial charge is 0.355 e. The Morgan fingerprint density at radius 2 is 1.84 bits per heavy atom. The second-order valence-corrected chi connectivity index (χ2v) is 7.10. The van der Waals surface area contributed by atoms with E-state index in [1.807, 2.05) is 24.3 Å². The largest absolute Gasteiger partial charge is 0.496 e. The average Bonchev–Trinajstić information content (AvgIpc) is 3.19. The molecule has 0 unspecified atom stereocenters. The van der Waals surface area contributed by atoms with Gasteiger partial charge in [-0.2, -0.15) is 0 Å². The molecule has 0 saturated carbocycles. The number of nitro groups is 1. The van der Waals surface area contributed by atoms with Gasteiger partial charge in [0.1, 0.15) is 12.1 Å². The predicted molar refractivity (Wildman–Crippen MR) is 116 cm³/mol. The Kier molecular flexibility index (Phi) is 5.53. The Balaban J connectivity index is 1.58. The molecule has 0 saturated heterocycles. The van der Waals surface area contributed by atoms with Crippen LogP contribution < -0.4 is 20.9 Å². The van der Waals surface area contributed by atoms with Gasteiger partial charge in [0.2, 0.25) is 11.6 Å². The number of nitrogens with zero attached hydrogens (tertiary/aromatic N) is 4. The number of anilines is 3. The zero-order valence-electron chi connectivity index (χ0n) is 16.0. The van der Waals surface area contributed by atoms with Gasteiger partial charge in [-0.15, -0.1) is 0 Å². The van der Waals surface area contributed by atoms with Crippen LogP contribution in [0, 0.1) is 10.1 Å². The quantitative estimate of drug-likeness (QED) is 0.292. The second kappa shape index (κ2) is 8.59. The van der Waals surface area contributed by atoms with Crippen molar-refractivity contribution in [1.29, 1.82) is 0 Å². The summed E-state index contributed by atoms with van der Waals surface area (Å²) in [5.41, 5.74) is 5.45. The van der Waals surface area contributed by atoms with E-state index in [0.29, 0.717) is 10.9 Å². The highest BCUT2D eigenvalue weighted by molar-refractivity contribution is 7.22. The maximum Gasteiger partial charge on any atom is 0.355 e. The first kappa shape index (κ1) is 20.0. The predicted octanol–water partition coefficient (Wildman–Crippen LogP) is 3.50. The van der Waals surface area contributed by atoms with E-state index in [-0.39, 0.29) is 17.2 Å². The van der Waals surface area contributed by atoms with Gasteiger partial charge in [-0.05, 0) is 24.3 Å². The number of ether oxygens (including phenoxy) is 1. The lowest BCUT2D eigenvalue weighted by Crippen LogP contribution is -2.30. The molecule has 4 aromatic rings. The van der Waals surface area contributed by atoms with E-state index in [0.717, 1.165) is 16.5 Å². The van der Waals surface area contributed by atoms with Gasteiger partial charge in [-0.25, -0.2) is 15.0 Å². The summed E-state index contributed by atoms with van der Waals surface area (Å²) in [6.45, 7) is 0. The number of aromatic nitrogens is 3. The highest BCUT2D eigenvalue weighted by Gasteiger charge is 2.25. The maximum absolute atomic E-state index is 12.5. The maximum atomic E-state index is 12.5. The van der Waals surface area contributed by atoms with Gasteiger partial charge >= 0.3 is 5.69 Å². The third-order valence-corrected chi connectivity index (χ3v) is 5.12. The van der Waals surface area contributed by atoms with Gasteiger partial charge in [0.15, 0.2) is 5.13 Å². The van der Waals surface area contributed by atoms with E-state index in [4.69, 9.17) is 4.74 Å². The molecule has 0 radical (unpaired) electrons. The monoisotopic (exact) mass is 437 g/mol. The molecule has 0 aliphatic carbocycles. The van der Waals surface area contributed by atoms with Gasteiger partial charge in [0, 0.05) is 0 Å². The molecular weight excluding hydrogens is 422 g/mol. The number of thiazole rings is 1. The van der Waals surface area contributed by atoms with E-state index in [9.17, 15) is 14.9 Å². The molecule has 0 atom stereocenters. The molecule has 156 valence electrons. The Labute approximate surface area is 179 Å². The van der Waals surface area contributed by atoms with Crippen LogP contribution in [0.1, 0.15) is 10.4 Å². The average molecular weight is 437 g/mol. The number of amides is 1. The summed E-state index contributed by atoms with van der Waals surface area (Å²) in [5, 5.41) is 15.0. The molecule has 31 heavy (non-hydrogen) atoms. The zero-order chi connectivity index (χ0) is 21.8. The van der Waals surface area contributed by atoms with Crippen LogP contribution in [-0.4, -0.2) is 32.9 Å². The standard InChI is InChI=1S/C19H15N7O4S/c1-30-13-8-4-2-6-11(13)18(27)25-24-17-15(26(28)29)16(20-10-21-17)23-19-22-12-7-3-5-9-14(12)31-19/h2-10H,1H3,(H,25,27)(H2,20,21,22,23,24). The second-order valence-electron chi connectivity index (χ2n) is 6.07. The third-order valence-electron chi connectivity index (χ3n) is 4.17. The van der Waals surface area contributed by atoms with Gasteiger partial charge < -0.3 is 10.1 Å². The number of methoxy groups -OCH3 is 1. The van der Waals surface area contributed by atoms with Gasteiger partial charge in [-0.3, -0.25) is 25.8 Å². The molecule has 4 rings (SSSR count). The fourth-order valence-electron chi connectivity index (χ4n) is 2.78. The van der Waals surface area contributed by atoms with Crippen molar-refractivity contribution in [1.82, 2.24) is 20.4 Å². The van der Waals surface area contributed by atoms with Crippen LogP contribution in [0.15, 0.2) is 54.9 Å². The first-order valence-electron chi connectivity index (χ1n) is 8.88. The molecule has 0 aliphatic heterocycles. The highest BCUT2D eigenvalue weighted by Crippen LogP contribution is 2.33. The lowest BCUT2D eigenvalue weighted by atomic mass is 10.2. The van der Waals surface area contributed by atoms with Gasteiger partial charge in [0.05, 0.1) is 27.8 Å². The summed E-state index contributed by atoms with van der Waals surface area (Å²) >= 11 is 1.33. The number of nitrogens with one attached hydrogen (secondary N) is 3. The van der Waals surface area contributed by atoms with Crippen LogP contribution in [0.5, 0.6) is 5.75 Å². The van der Waals surface area contributed by atoms with E-state index in [1.165, 1.54) is 18.4 Å². The SMILES string of the molecule is COc1ccccc1C(=O)NNc1ncnc(Nc2nc3ccccc3s2)c1[N+](=O)[O-]. The topological polar surface area (TPSA) is 144 Å². The van der Waals surface area contributed by atoms with Crippen LogP contribution in [0.25, 0.3) is 10.2 Å². The molecule has 12 heteroatoms. The highest BCUT2D eigenvalue weighted by atomic mass is 32.1. The van der Waals surface area contributed by atoms with Crippen molar-refractivity contribution < 1.29 is 14.5 Å². The van der Waals surface area contributed by atoms with E-state index in [2.05, 4.69) is 31.1 Å². The van der Waals surface area contributed by atoms with Crippen LogP contribution in [0.3, 0.4) is 0 Å². The fraction of sp³-hybridized carbons (Fsp3) is 0.0526. The van der Waals surface area contributed by atoms with Crippen molar-refractivity contribution in [2.75, 3.05) is 17.9 Å². The summed E-state index contributed by atoms with van der Waals surface area (Å²) < 4.78 is 6.07. The number of carbonyl (C=O) groups is 1. The van der Waals surface area contributed by atoms with Crippen molar-refractivity contribution in [2.45, 2.75) is 0 Å². The van der Waals surface area contributed by atoms with Crippen LogP contribution >= 0.6 is 11.3 Å². The number of hydrazine groups is 1. The Morgan fingerprint density at radius 3 is 2.61 bits per heavy atom. The van der Waals surface area contributed by atoms with E-state index in [1.54, 1.807) is 24.3 Å². The number of para-hydroxylation sites is 2. The molecule has 3 N–H and O–H groups in total. The number of benzene rings is 2. The molecule has 0 bridgehead atoms. The van der Waals surface area contributed by atoms with Crippen molar-refractivity contribution in [3.63, 3.8) is 0 Å². The number of rotatable bonds is 7. The number of hydrogen-bond acceptors (Lipinski definition) is 10. The van der Waals surface area contributed by atoms with Crippen LogP contribution in [0.2, 0.25) is 0 Å². The number of fused-ring (bicyclic) bond motifs is 1. The minimum atomic E-state index is -0.646. The Hall–Kier alpha value is -4.32. The molecule has 2 aromatic carbocycles. The normalized spacial score (nSPS) is 10.5. The minimum absolute atomic E-state index is 0.0619. The molecule has 2 aromatic heterocycles. The molecular formula is C19H15N7O4S. The third kappa shape index (κ3) is 4.18. The van der Waals surface area contributed by atoms with Gasteiger partial charge in [0.25, 0.3) is 5.91 Å². The summed E-state index contributed by atoms with van der Waals surface area (Å²) in [6.07, 6.45) is 1.14. The summed E-state index contributed by atoms with van der Waals surface area (Å²) in [4.78, 5) is 35.8.